The van der Waals surface area contributed by atoms with Crippen LogP contribution in [0.4, 0.5) is 0 Å². The first kappa shape index (κ1) is 16.8. The van der Waals surface area contributed by atoms with Gasteiger partial charge in [0.15, 0.2) is 0 Å². The van der Waals surface area contributed by atoms with Gasteiger partial charge in [-0.15, -0.1) is 0 Å². The number of amides is 1. The maximum atomic E-state index is 12.2. The number of methoxy groups -OCH3 is 2. The van der Waals surface area contributed by atoms with E-state index < -0.39 is 0 Å². The third kappa shape index (κ3) is 4.71. The van der Waals surface area contributed by atoms with Gasteiger partial charge in [-0.05, 0) is 30.9 Å². The van der Waals surface area contributed by atoms with Crippen molar-refractivity contribution in [3.8, 4) is 11.5 Å². The lowest BCUT2D eigenvalue weighted by Gasteiger charge is -2.13. The van der Waals surface area contributed by atoms with Gasteiger partial charge in [0.1, 0.15) is 17.1 Å². The average molecular weight is 344 g/mol. The smallest absolute Gasteiger partial charge is 0.258 e. The molecule has 1 aromatic rings. The summed E-state index contributed by atoms with van der Waals surface area (Å²) in [5, 5.41) is 3.90. The fraction of sp³-hybridized carbons (Fsp3) is 0.533. The summed E-state index contributed by atoms with van der Waals surface area (Å²) < 4.78 is 10.4. The molecule has 112 valence electrons. The molecule has 0 spiro atoms. The summed E-state index contributed by atoms with van der Waals surface area (Å²) in [7, 11) is 3.09. The Morgan fingerprint density at radius 3 is 2.40 bits per heavy atom. The lowest BCUT2D eigenvalue weighted by molar-refractivity contribution is 0.0946. The zero-order valence-electron chi connectivity index (χ0n) is 12.2. The van der Waals surface area contributed by atoms with Crippen LogP contribution < -0.4 is 14.8 Å². The Kier molecular flexibility index (Phi) is 7.44. The molecule has 0 aromatic heterocycles. The highest BCUT2D eigenvalue weighted by Gasteiger charge is 2.17. The number of carbonyl (C=O) groups excluding carboxylic acids is 1. The number of hydrogen-bond acceptors (Lipinski definition) is 3. The second kappa shape index (κ2) is 8.84. The van der Waals surface area contributed by atoms with E-state index in [0.717, 1.165) is 18.2 Å². The van der Waals surface area contributed by atoms with Crippen molar-refractivity contribution >= 4 is 21.8 Å². The molecule has 1 aromatic carbocycles. The predicted octanol–water partition coefficient (Wildman–Crippen LogP) is 3.24. The molecule has 0 radical (unpaired) electrons. The Hall–Kier alpha value is -1.23. The quantitative estimate of drug-likeness (QED) is 0.582. The maximum absolute atomic E-state index is 12.2. The molecule has 0 aliphatic rings. The molecule has 5 heteroatoms. The first-order valence-corrected chi connectivity index (χ1v) is 7.81. The monoisotopic (exact) mass is 343 g/mol. The lowest BCUT2D eigenvalue weighted by Crippen LogP contribution is -2.25. The highest BCUT2D eigenvalue weighted by Crippen LogP contribution is 2.27. The third-order valence-corrected chi connectivity index (χ3v) is 4.18. The van der Waals surface area contributed by atoms with Gasteiger partial charge in [0.05, 0.1) is 14.2 Å². The number of hydrogen-bond donors (Lipinski definition) is 1. The van der Waals surface area contributed by atoms with E-state index in [1.807, 2.05) is 0 Å². The SMILES string of the molecule is COc1cccc(OC)c1C(=O)NCCCC(C)CBr. The molecule has 1 rings (SSSR count). The molecule has 0 aliphatic heterocycles. The third-order valence-electron chi connectivity index (χ3n) is 3.08. The van der Waals surface area contributed by atoms with E-state index in [-0.39, 0.29) is 5.91 Å². The predicted molar refractivity (Wildman–Crippen MR) is 84.1 cm³/mol. The Labute approximate surface area is 129 Å². The van der Waals surface area contributed by atoms with Gasteiger partial charge in [0, 0.05) is 11.9 Å². The van der Waals surface area contributed by atoms with Gasteiger partial charge in [-0.1, -0.05) is 28.9 Å². The van der Waals surface area contributed by atoms with Crippen molar-refractivity contribution in [2.24, 2.45) is 5.92 Å². The molecule has 0 fully saturated rings. The van der Waals surface area contributed by atoms with Gasteiger partial charge in [0.2, 0.25) is 0 Å². The van der Waals surface area contributed by atoms with Crippen LogP contribution in [0.25, 0.3) is 0 Å². The summed E-state index contributed by atoms with van der Waals surface area (Å²) in [5.74, 6) is 1.50. The molecule has 0 saturated heterocycles. The van der Waals surface area contributed by atoms with Crippen LogP contribution >= 0.6 is 15.9 Å². The standard InChI is InChI=1S/C15H22BrNO3/c1-11(10-16)6-5-9-17-15(18)14-12(19-2)7-4-8-13(14)20-3/h4,7-8,11H,5-6,9-10H2,1-3H3,(H,17,18). The normalized spacial score (nSPS) is 11.8. The van der Waals surface area contributed by atoms with Crippen molar-refractivity contribution < 1.29 is 14.3 Å². The van der Waals surface area contributed by atoms with Crippen molar-refractivity contribution in [2.45, 2.75) is 19.8 Å². The maximum Gasteiger partial charge on any atom is 0.258 e. The van der Waals surface area contributed by atoms with Gasteiger partial charge >= 0.3 is 0 Å². The summed E-state index contributed by atoms with van der Waals surface area (Å²) in [6.45, 7) is 2.83. The van der Waals surface area contributed by atoms with Crippen LogP contribution in [-0.4, -0.2) is 32.0 Å². The molecule has 1 amide bonds. The molecule has 0 heterocycles. The number of halogens is 1. The van der Waals surface area contributed by atoms with Gasteiger partial charge < -0.3 is 14.8 Å². The summed E-state index contributed by atoms with van der Waals surface area (Å²) in [6.07, 6.45) is 2.03. The molecule has 1 N–H and O–H groups in total. The van der Waals surface area contributed by atoms with Gasteiger partial charge in [0.25, 0.3) is 5.91 Å². The lowest BCUT2D eigenvalue weighted by atomic mass is 10.1. The van der Waals surface area contributed by atoms with Crippen LogP contribution in [0.3, 0.4) is 0 Å². The Morgan fingerprint density at radius 2 is 1.90 bits per heavy atom. The minimum atomic E-state index is -0.161. The van der Waals surface area contributed by atoms with Crippen LogP contribution in [0.15, 0.2) is 18.2 Å². The molecular formula is C15H22BrNO3. The molecule has 1 atom stereocenters. The van der Waals surface area contributed by atoms with Crippen LogP contribution in [0.1, 0.15) is 30.1 Å². The van der Waals surface area contributed by atoms with E-state index in [2.05, 4.69) is 28.2 Å². The van der Waals surface area contributed by atoms with Gasteiger partial charge in [-0.25, -0.2) is 0 Å². The molecule has 0 saturated carbocycles. The summed E-state index contributed by atoms with van der Waals surface area (Å²) in [6, 6.07) is 5.31. The molecule has 20 heavy (non-hydrogen) atoms. The van der Waals surface area contributed by atoms with Crippen molar-refractivity contribution in [3.63, 3.8) is 0 Å². The zero-order chi connectivity index (χ0) is 15.0. The van der Waals surface area contributed by atoms with Crippen LogP contribution in [-0.2, 0) is 0 Å². The fourth-order valence-electron chi connectivity index (χ4n) is 1.89. The number of alkyl halides is 1. The fourth-order valence-corrected chi connectivity index (χ4v) is 2.22. The second-order valence-corrected chi connectivity index (χ2v) is 5.34. The first-order chi connectivity index (χ1) is 9.63. The second-order valence-electron chi connectivity index (χ2n) is 4.70. The molecule has 1 unspecified atom stereocenters. The summed E-state index contributed by atoms with van der Waals surface area (Å²) in [5.41, 5.74) is 0.450. The van der Waals surface area contributed by atoms with E-state index >= 15 is 0 Å². The minimum Gasteiger partial charge on any atom is -0.496 e. The van der Waals surface area contributed by atoms with Crippen molar-refractivity contribution in [2.75, 3.05) is 26.1 Å². The highest BCUT2D eigenvalue weighted by atomic mass is 79.9. The topological polar surface area (TPSA) is 47.6 Å². The number of carbonyl (C=O) groups is 1. The Balaban J connectivity index is 2.63. The first-order valence-electron chi connectivity index (χ1n) is 6.69. The van der Waals surface area contributed by atoms with Crippen molar-refractivity contribution in [1.82, 2.24) is 5.32 Å². The van der Waals surface area contributed by atoms with Crippen molar-refractivity contribution in [3.05, 3.63) is 23.8 Å². The number of benzene rings is 1. The van der Waals surface area contributed by atoms with Crippen molar-refractivity contribution in [1.29, 1.82) is 0 Å². The van der Waals surface area contributed by atoms with Gasteiger partial charge in [-0.2, -0.15) is 0 Å². The number of rotatable bonds is 8. The Bertz CT molecular complexity index is 415. The van der Waals surface area contributed by atoms with E-state index in [9.17, 15) is 4.79 Å². The summed E-state index contributed by atoms with van der Waals surface area (Å²) in [4.78, 5) is 12.2. The van der Waals surface area contributed by atoms with E-state index in [1.165, 1.54) is 0 Å². The zero-order valence-corrected chi connectivity index (χ0v) is 13.8. The van der Waals surface area contributed by atoms with Crippen LogP contribution in [0.5, 0.6) is 11.5 Å². The van der Waals surface area contributed by atoms with Gasteiger partial charge in [-0.3, -0.25) is 4.79 Å². The largest absolute Gasteiger partial charge is 0.496 e. The molecule has 4 nitrogen and oxygen atoms in total. The molecule has 0 aliphatic carbocycles. The van der Waals surface area contributed by atoms with Crippen LogP contribution in [0, 0.1) is 5.92 Å². The van der Waals surface area contributed by atoms with E-state index in [4.69, 9.17) is 9.47 Å². The van der Waals surface area contributed by atoms with Crippen LogP contribution in [0.2, 0.25) is 0 Å². The minimum absolute atomic E-state index is 0.161. The number of ether oxygens (including phenoxy) is 2. The Morgan fingerprint density at radius 1 is 1.30 bits per heavy atom. The van der Waals surface area contributed by atoms with E-state index in [0.29, 0.717) is 29.5 Å². The highest BCUT2D eigenvalue weighted by molar-refractivity contribution is 9.09. The summed E-state index contributed by atoms with van der Waals surface area (Å²) >= 11 is 3.45. The molecular weight excluding hydrogens is 322 g/mol. The number of nitrogens with one attached hydrogen (secondary N) is 1. The average Bonchev–Trinajstić information content (AvgIpc) is 2.49. The van der Waals surface area contributed by atoms with E-state index in [1.54, 1.807) is 32.4 Å². The molecule has 0 bridgehead atoms.